The highest BCUT2D eigenvalue weighted by Crippen LogP contribution is 2.27. The number of nitrogens with two attached hydrogens (primary N) is 1. The Balaban J connectivity index is 2.42. The average Bonchev–Trinajstić information content (AvgIpc) is 2.38. The second kappa shape index (κ2) is 5.63. The van der Waals surface area contributed by atoms with Gasteiger partial charge in [-0.15, -0.1) is 0 Å². The Labute approximate surface area is 120 Å². The van der Waals surface area contributed by atoms with Crippen molar-refractivity contribution in [3.05, 3.63) is 42.5 Å². The lowest BCUT2D eigenvalue weighted by Crippen LogP contribution is -2.41. The van der Waals surface area contributed by atoms with Gasteiger partial charge in [-0.25, -0.2) is 0 Å². The summed E-state index contributed by atoms with van der Waals surface area (Å²) in [4.78, 5) is 14.3. The molecule has 0 saturated heterocycles. The number of benzene rings is 2. The van der Waals surface area contributed by atoms with Gasteiger partial charge in [0.1, 0.15) is 0 Å². The Morgan fingerprint density at radius 2 is 1.80 bits per heavy atom. The van der Waals surface area contributed by atoms with Crippen molar-refractivity contribution in [3.8, 4) is 0 Å². The number of hydrogen-bond acceptors (Lipinski definition) is 2. The van der Waals surface area contributed by atoms with Crippen LogP contribution < -0.4 is 10.6 Å². The number of anilines is 1. The van der Waals surface area contributed by atoms with E-state index in [1.165, 1.54) is 0 Å². The van der Waals surface area contributed by atoms with Crippen LogP contribution in [0.2, 0.25) is 0 Å². The Bertz CT molecular complexity index is 608. The van der Waals surface area contributed by atoms with Crippen molar-refractivity contribution in [2.45, 2.75) is 32.7 Å². The Morgan fingerprint density at radius 1 is 1.15 bits per heavy atom. The molecule has 0 spiro atoms. The van der Waals surface area contributed by atoms with E-state index >= 15 is 0 Å². The van der Waals surface area contributed by atoms with Gasteiger partial charge in [0, 0.05) is 23.9 Å². The van der Waals surface area contributed by atoms with Crippen LogP contribution in [0, 0.1) is 0 Å². The van der Waals surface area contributed by atoms with Crippen molar-refractivity contribution < 1.29 is 4.79 Å². The molecule has 0 atom stereocenters. The molecular formula is C17H22N2O. The van der Waals surface area contributed by atoms with Crippen LogP contribution in [0.1, 0.15) is 27.2 Å². The topological polar surface area (TPSA) is 46.3 Å². The molecule has 2 aromatic carbocycles. The van der Waals surface area contributed by atoms with Gasteiger partial charge < -0.3 is 10.6 Å². The maximum absolute atomic E-state index is 12.5. The fourth-order valence-electron chi connectivity index (χ4n) is 2.41. The lowest BCUT2D eigenvalue weighted by atomic mass is 10.0. The molecule has 0 bridgehead atoms. The summed E-state index contributed by atoms with van der Waals surface area (Å²) >= 11 is 0. The average molecular weight is 270 g/mol. The smallest absolute Gasteiger partial charge is 0.228 e. The van der Waals surface area contributed by atoms with Crippen molar-refractivity contribution >= 4 is 22.4 Å². The molecule has 0 unspecified atom stereocenters. The largest absolute Gasteiger partial charge is 0.325 e. The lowest BCUT2D eigenvalue weighted by Gasteiger charge is -2.26. The molecule has 1 amide bonds. The minimum Gasteiger partial charge on any atom is -0.325 e. The van der Waals surface area contributed by atoms with E-state index in [1.54, 1.807) is 0 Å². The van der Waals surface area contributed by atoms with Gasteiger partial charge in [0.05, 0.1) is 5.69 Å². The second-order valence-electron chi connectivity index (χ2n) is 5.80. The molecule has 3 heteroatoms. The highest BCUT2D eigenvalue weighted by molar-refractivity contribution is 6.03. The zero-order chi connectivity index (χ0) is 14.8. The first-order chi connectivity index (χ1) is 9.42. The van der Waals surface area contributed by atoms with Crippen molar-refractivity contribution in [3.63, 3.8) is 0 Å². The molecule has 0 aliphatic carbocycles. The van der Waals surface area contributed by atoms with E-state index in [-0.39, 0.29) is 5.91 Å². The van der Waals surface area contributed by atoms with Crippen LogP contribution in [0.15, 0.2) is 42.5 Å². The van der Waals surface area contributed by atoms with Crippen LogP contribution in [-0.2, 0) is 4.79 Å². The predicted octanol–water partition coefficient (Wildman–Crippen LogP) is 3.32. The number of rotatable bonds is 4. The minimum atomic E-state index is -0.491. The third-order valence-corrected chi connectivity index (χ3v) is 3.28. The van der Waals surface area contributed by atoms with E-state index in [2.05, 4.69) is 12.1 Å². The Kier molecular flexibility index (Phi) is 4.09. The Morgan fingerprint density at radius 3 is 2.45 bits per heavy atom. The molecule has 2 N–H and O–H groups in total. The van der Waals surface area contributed by atoms with E-state index in [4.69, 9.17) is 5.73 Å². The first-order valence-corrected chi connectivity index (χ1v) is 6.99. The molecule has 2 rings (SSSR count). The van der Waals surface area contributed by atoms with E-state index in [0.29, 0.717) is 13.0 Å². The van der Waals surface area contributed by atoms with Crippen molar-refractivity contribution in [2.24, 2.45) is 5.73 Å². The maximum atomic E-state index is 12.5. The molecule has 2 aromatic rings. The molecule has 0 saturated carbocycles. The SMILES string of the molecule is CCN(C(=O)CC(C)(C)N)c1cccc2ccccc12. The summed E-state index contributed by atoms with van der Waals surface area (Å²) in [7, 11) is 0. The van der Waals surface area contributed by atoms with Gasteiger partial charge in [-0.2, -0.15) is 0 Å². The number of carbonyl (C=O) groups is 1. The molecular weight excluding hydrogens is 248 g/mol. The van der Waals surface area contributed by atoms with Crippen LogP contribution in [0.3, 0.4) is 0 Å². The standard InChI is InChI=1S/C17H22N2O/c1-4-19(16(20)12-17(2,3)18)15-11-7-9-13-8-5-6-10-14(13)15/h5-11H,4,12,18H2,1-3H3. The summed E-state index contributed by atoms with van der Waals surface area (Å²) in [6.07, 6.45) is 0.337. The van der Waals surface area contributed by atoms with Crippen LogP contribution in [-0.4, -0.2) is 18.0 Å². The first kappa shape index (κ1) is 14.5. The van der Waals surface area contributed by atoms with E-state index < -0.39 is 5.54 Å². The normalized spacial score (nSPS) is 11.6. The fourth-order valence-corrected chi connectivity index (χ4v) is 2.41. The van der Waals surface area contributed by atoms with Gasteiger partial charge in [-0.05, 0) is 32.2 Å². The summed E-state index contributed by atoms with van der Waals surface area (Å²) in [5.74, 6) is 0.0661. The van der Waals surface area contributed by atoms with E-state index in [0.717, 1.165) is 16.5 Å². The van der Waals surface area contributed by atoms with Crippen LogP contribution in [0.5, 0.6) is 0 Å². The molecule has 0 radical (unpaired) electrons. The number of amides is 1. The van der Waals surface area contributed by atoms with Crippen molar-refractivity contribution in [2.75, 3.05) is 11.4 Å². The molecule has 0 fully saturated rings. The maximum Gasteiger partial charge on any atom is 0.228 e. The summed E-state index contributed by atoms with van der Waals surface area (Å²) < 4.78 is 0. The molecule has 3 nitrogen and oxygen atoms in total. The number of fused-ring (bicyclic) bond motifs is 1. The summed E-state index contributed by atoms with van der Waals surface area (Å²) in [6.45, 7) is 6.38. The monoisotopic (exact) mass is 270 g/mol. The van der Waals surface area contributed by atoms with Gasteiger partial charge in [0.15, 0.2) is 0 Å². The fraction of sp³-hybridized carbons (Fsp3) is 0.353. The zero-order valence-corrected chi connectivity index (χ0v) is 12.4. The highest BCUT2D eigenvalue weighted by Gasteiger charge is 2.22. The summed E-state index contributed by atoms with van der Waals surface area (Å²) in [5.41, 5.74) is 6.44. The molecule has 0 heterocycles. The van der Waals surface area contributed by atoms with Gasteiger partial charge in [-0.1, -0.05) is 36.4 Å². The quantitative estimate of drug-likeness (QED) is 0.926. The number of carbonyl (C=O) groups excluding carboxylic acids is 1. The van der Waals surface area contributed by atoms with Gasteiger partial charge >= 0.3 is 0 Å². The third kappa shape index (κ3) is 3.17. The number of nitrogens with zero attached hydrogens (tertiary/aromatic N) is 1. The molecule has 106 valence electrons. The van der Waals surface area contributed by atoms with Crippen LogP contribution >= 0.6 is 0 Å². The lowest BCUT2D eigenvalue weighted by molar-refractivity contribution is -0.119. The number of hydrogen-bond donors (Lipinski definition) is 1. The van der Waals surface area contributed by atoms with E-state index in [1.807, 2.05) is 56.0 Å². The van der Waals surface area contributed by atoms with E-state index in [9.17, 15) is 4.79 Å². The van der Waals surface area contributed by atoms with Crippen molar-refractivity contribution in [1.29, 1.82) is 0 Å². The van der Waals surface area contributed by atoms with Crippen LogP contribution in [0.25, 0.3) is 10.8 Å². The van der Waals surface area contributed by atoms with Gasteiger partial charge in [-0.3, -0.25) is 4.79 Å². The third-order valence-electron chi connectivity index (χ3n) is 3.28. The highest BCUT2D eigenvalue weighted by atomic mass is 16.2. The molecule has 0 aliphatic rings. The first-order valence-electron chi connectivity index (χ1n) is 6.99. The second-order valence-corrected chi connectivity index (χ2v) is 5.80. The van der Waals surface area contributed by atoms with Gasteiger partial charge in [0.25, 0.3) is 0 Å². The van der Waals surface area contributed by atoms with Crippen molar-refractivity contribution in [1.82, 2.24) is 0 Å². The predicted molar refractivity (Wildman–Crippen MR) is 84.9 cm³/mol. The Hall–Kier alpha value is -1.87. The summed E-state index contributed by atoms with van der Waals surface area (Å²) in [5, 5.41) is 2.24. The summed E-state index contributed by atoms with van der Waals surface area (Å²) in [6, 6.07) is 14.2. The van der Waals surface area contributed by atoms with Gasteiger partial charge in [0.2, 0.25) is 5.91 Å². The minimum absolute atomic E-state index is 0.0661. The molecule has 0 aromatic heterocycles. The zero-order valence-electron chi connectivity index (χ0n) is 12.4. The molecule has 20 heavy (non-hydrogen) atoms. The van der Waals surface area contributed by atoms with Crippen LogP contribution in [0.4, 0.5) is 5.69 Å². The molecule has 0 aliphatic heterocycles.